The Morgan fingerprint density at radius 1 is 1.29 bits per heavy atom. The number of isocyanates is 1. The van der Waals surface area contributed by atoms with Gasteiger partial charge >= 0.3 is 0 Å². The van der Waals surface area contributed by atoms with Gasteiger partial charge in [0.25, 0.3) is 0 Å². The topological polar surface area (TPSA) is 38.7 Å². The first-order valence-corrected chi connectivity index (χ1v) is 6.08. The predicted molar refractivity (Wildman–Crippen MR) is 64.1 cm³/mol. The zero-order valence-electron chi connectivity index (χ0n) is 9.95. The van der Waals surface area contributed by atoms with Crippen molar-refractivity contribution in [1.29, 1.82) is 0 Å². The molecule has 0 radical (unpaired) electrons. The molecule has 88 valence electrons. The van der Waals surface area contributed by atoms with E-state index < -0.39 is 0 Å². The number of carbonyl (C=O) groups excluding carboxylic acids is 1. The van der Waals surface area contributed by atoms with E-state index in [-0.39, 0.29) is 5.54 Å². The number of aryl methyl sites for hydroxylation is 2. The van der Waals surface area contributed by atoms with E-state index in [9.17, 15) is 4.79 Å². The van der Waals surface area contributed by atoms with Crippen molar-refractivity contribution in [2.24, 2.45) is 4.99 Å². The van der Waals surface area contributed by atoms with E-state index in [0.717, 1.165) is 37.0 Å². The van der Waals surface area contributed by atoms with Gasteiger partial charge in [0.05, 0.1) is 7.11 Å². The van der Waals surface area contributed by atoms with E-state index in [0.29, 0.717) is 0 Å². The molecule has 0 atom stereocenters. The molecule has 0 bridgehead atoms. The van der Waals surface area contributed by atoms with Crippen LogP contribution in [0.2, 0.25) is 0 Å². The van der Waals surface area contributed by atoms with Crippen LogP contribution in [0.4, 0.5) is 0 Å². The number of ether oxygens (including phenoxy) is 1. The Balaban J connectivity index is 2.12. The highest BCUT2D eigenvalue weighted by atomic mass is 16.5. The number of aliphatic imine (C=N–C) groups is 1. The Hall–Kier alpha value is -1.60. The summed E-state index contributed by atoms with van der Waals surface area (Å²) in [6.07, 6.45) is 7.04. The minimum Gasteiger partial charge on any atom is -0.496 e. The van der Waals surface area contributed by atoms with Gasteiger partial charge in [-0.3, -0.25) is 0 Å². The maximum atomic E-state index is 10.5. The van der Waals surface area contributed by atoms with Crippen LogP contribution in [0.5, 0.6) is 5.75 Å². The van der Waals surface area contributed by atoms with Crippen LogP contribution in [0, 0.1) is 0 Å². The number of hydrogen-bond donors (Lipinski definition) is 0. The van der Waals surface area contributed by atoms with Crippen LogP contribution in [0.1, 0.15) is 36.0 Å². The zero-order chi connectivity index (χ0) is 11.9. The van der Waals surface area contributed by atoms with Gasteiger partial charge in [0, 0.05) is 5.56 Å². The lowest BCUT2D eigenvalue weighted by Gasteiger charge is -2.15. The fourth-order valence-corrected chi connectivity index (χ4v) is 2.78. The maximum Gasteiger partial charge on any atom is 0.235 e. The maximum absolute atomic E-state index is 10.5. The second kappa shape index (κ2) is 3.71. The molecule has 0 unspecified atom stereocenters. The van der Waals surface area contributed by atoms with Gasteiger partial charge in [-0.25, -0.2) is 4.79 Å². The summed E-state index contributed by atoms with van der Waals surface area (Å²) in [6, 6.07) is 4.31. The molecule has 3 rings (SSSR count). The van der Waals surface area contributed by atoms with Crippen molar-refractivity contribution in [3.8, 4) is 5.75 Å². The molecule has 0 heterocycles. The zero-order valence-corrected chi connectivity index (χ0v) is 9.95. The number of nitrogens with zero attached hydrogens (tertiary/aromatic N) is 1. The lowest BCUT2D eigenvalue weighted by Crippen LogP contribution is -2.06. The lowest BCUT2D eigenvalue weighted by atomic mass is 9.98. The van der Waals surface area contributed by atoms with Crippen LogP contribution in [-0.2, 0) is 23.2 Å². The summed E-state index contributed by atoms with van der Waals surface area (Å²) in [5.74, 6) is 0.877. The predicted octanol–water partition coefficient (Wildman–Crippen LogP) is 2.51. The molecular weight excluding hydrogens is 214 g/mol. The van der Waals surface area contributed by atoms with Gasteiger partial charge in [-0.15, -0.1) is 0 Å². The first kappa shape index (κ1) is 10.5. The van der Waals surface area contributed by atoms with Crippen LogP contribution >= 0.6 is 0 Å². The number of methoxy groups -OCH3 is 1. The van der Waals surface area contributed by atoms with Crippen LogP contribution < -0.4 is 4.74 Å². The summed E-state index contributed by atoms with van der Waals surface area (Å²) in [5, 5.41) is 0. The number of rotatable bonds is 3. The van der Waals surface area contributed by atoms with E-state index in [1.807, 2.05) is 0 Å². The molecule has 0 N–H and O–H groups in total. The Morgan fingerprint density at radius 2 is 2.00 bits per heavy atom. The van der Waals surface area contributed by atoms with Gasteiger partial charge in [-0.05, 0) is 55.4 Å². The highest BCUT2D eigenvalue weighted by molar-refractivity contribution is 5.52. The van der Waals surface area contributed by atoms with Crippen molar-refractivity contribution in [1.82, 2.24) is 0 Å². The van der Waals surface area contributed by atoms with E-state index in [1.165, 1.54) is 17.5 Å². The molecule has 3 nitrogen and oxygen atoms in total. The third-order valence-electron chi connectivity index (χ3n) is 3.90. The fourth-order valence-electron chi connectivity index (χ4n) is 2.78. The van der Waals surface area contributed by atoms with E-state index in [1.54, 1.807) is 13.2 Å². The van der Waals surface area contributed by atoms with E-state index in [4.69, 9.17) is 4.74 Å². The van der Waals surface area contributed by atoms with Crippen molar-refractivity contribution in [2.45, 2.75) is 37.6 Å². The quantitative estimate of drug-likeness (QED) is 0.590. The van der Waals surface area contributed by atoms with Crippen molar-refractivity contribution in [3.63, 3.8) is 0 Å². The molecular formula is C14H15NO2. The number of hydrogen-bond acceptors (Lipinski definition) is 3. The second-order valence-corrected chi connectivity index (χ2v) is 4.91. The number of fused-ring (bicyclic) bond motifs is 1. The van der Waals surface area contributed by atoms with Gasteiger partial charge in [-0.2, -0.15) is 4.99 Å². The summed E-state index contributed by atoms with van der Waals surface area (Å²) in [5.41, 5.74) is 3.53. The van der Waals surface area contributed by atoms with Gasteiger partial charge in [-0.1, -0.05) is 0 Å². The highest BCUT2D eigenvalue weighted by Crippen LogP contribution is 2.53. The van der Waals surface area contributed by atoms with Gasteiger partial charge in [0.15, 0.2) is 0 Å². The van der Waals surface area contributed by atoms with Crippen molar-refractivity contribution >= 4 is 6.08 Å². The monoisotopic (exact) mass is 229 g/mol. The minimum absolute atomic E-state index is 0.329. The standard InChI is InChI=1S/C14H15NO2/c1-17-13-8-11-4-2-3-10(11)7-12(13)14(5-6-14)15-9-16/h7-8H,2-6H2,1H3. The Kier molecular flexibility index (Phi) is 2.30. The first-order valence-electron chi connectivity index (χ1n) is 6.08. The summed E-state index contributed by atoms with van der Waals surface area (Å²) in [7, 11) is 1.68. The van der Waals surface area contributed by atoms with Crippen molar-refractivity contribution in [3.05, 3.63) is 28.8 Å². The van der Waals surface area contributed by atoms with E-state index in [2.05, 4.69) is 17.1 Å². The summed E-state index contributed by atoms with van der Waals surface area (Å²) >= 11 is 0. The van der Waals surface area contributed by atoms with Crippen molar-refractivity contribution < 1.29 is 9.53 Å². The molecule has 17 heavy (non-hydrogen) atoms. The molecule has 1 fully saturated rings. The van der Waals surface area contributed by atoms with E-state index >= 15 is 0 Å². The van der Waals surface area contributed by atoms with Gasteiger partial charge in [0.1, 0.15) is 11.3 Å². The molecule has 3 heteroatoms. The molecule has 2 aliphatic rings. The average molecular weight is 229 g/mol. The van der Waals surface area contributed by atoms with Crippen LogP contribution in [-0.4, -0.2) is 13.2 Å². The van der Waals surface area contributed by atoms with Crippen LogP contribution in [0.25, 0.3) is 0 Å². The van der Waals surface area contributed by atoms with Gasteiger partial charge in [0.2, 0.25) is 6.08 Å². The molecule has 0 aromatic heterocycles. The third-order valence-corrected chi connectivity index (χ3v) is 3.90. The molecule has 1 aromatic carbocycles. The molecule has 0 spiro atoms. The molecule has 0 amide bonds. The Labute approximate surface area is 101 Å². The fraction of sp³-hybridized carbons (Fsp3) is 0.500. The number of benzene rings is 1. The Morgan fingerprint density at radius 3 is 2.59 bits per heavy atom. The van der Waals surface area contributed by atoms with Crippen molar-refractivity contribution in [2.75, 3.05) is 7.11 Å². The molecule has 1 saturated carbocycles. The summed E-state index contributed by atoms with van der Waals surface area (Å²) in [4.78, 5) is 14.5. The molecule has 0 saturated heterocycles. The third kappa shape index (κ3) is 1.58. The minimum atomic E-state index is -0.329. The summed E-state index contributed by atoms with van der Waals surface area (Å²) in [6.45, 7) is 0. The second-order valence-electron chi connectivity index (χ2n) is 4.91. The highest BCUT2D eigenvalue weighted by Gasteiger charge is 2.47. The van der Waals surface area contributed by atoms with Gasteiger partial charge < -0.3 is 4.74 Å². The molecule has 0 aliphatic heterocycles. The SMILES string of the molecule is COc1cc2c(cc1C1(N=C=O)CC1)CCC2. The molecule has 2 aliphatic carbocycles. The molecule has 1 aromatic rings. The average Bonchev–Trinajstić information content (AvgIpc) is 2.98. The van der Waals surface area contributed by atoms with Crippen LogP contribution in [0.3, 0.4) is 0 Å². The van der Waals surface area contributed by atoms with Crippen LogP contribution in [0.15, 0.2) is 17.1 Å². The first-order chi connectivity index (χ1) is 8.29. The Bertz CT molecular complexity index is 511. The largest absolute Gasteiger partial charge is 0.496 e. The smallest absolute Gasteiger partial charge is 0.235 e. The lowest BCUT2D eigenvalue weighted by molar-refractivity contribution is 0.404. The summed E-state index contributed by atoms with van der Waals surface area (Å²) < 4.78 is 5.45. The normalized spacial score (nSPS) is 19.4.